The molecule has 0 radical (unpaired) electrons. The van der Waals surface area contributed by atoms with Gasteiger partial charge in [0.15, 0.2) is 0 Å². The summed E-state index contributed by atoms with van der Waals surface area (Å²) in [5, 5.41) is 11.3. The van der Waals surface area contributed by atoms with Gasteiger partial charge in [0.1, 0.15) is 0 Å². The van der Waals surface area contributed by atoms with Crippen molar-refractivity contribution >= 4 is 23.4 Å². The lowest BCUT2D eigenvalue weighted by atomic mass is 9.91. The average Bonchev–Trinajstić information content (AvgIpc) is 2.86. The van der Waals surface area contributed by atoms with E-state index in [9.17, 15) is 5.11 Å². The van der Waals surface area contributed by atoms with Gasteiger partial charge in [0.2, 0.25) is 0 Å². The Bertz CT molecular complexity index is 626. The van der Waals surface area contributed by atoms with Crippen molar-refractivity contribution in [3.63, 3.8) is 0 Å². The number of benzene rings is 2. The van der Waals surface area contributed by atoms with Crippen LogP contribution in [0.5, 0.6) is 0 Å². The van der Waals surface area contributed by atoms with Crippen molar-refractivity contribution in [1.82, 2.24) is 0 Å². The first-order valence-electron chi connectivity index (χ1n) is 6.80. The molecular weight excluding hydrogens is 288 g/mol. The lowest BCUT2D eigenvalue weighted by molar-refractivity contribution is 0.151. The standard InChI is InChI=1S/C17H17ClOS/c1-11-6-7-12(15(18)8-11)9-16(19)14-10-20-17-5-3-2-4-13(14)17/h2-8,14,16,19H,9-10H2,1H3. The quantitative estimate of drug-likeness (QED) is 0.904. The van der Waals surface area contributed by atoms with Gasteiger partial charge in [0.25, 0.3) is 0 Å². The van der Waals surface area contributed by atoms with E-state index in [-0.39, 0.29) is 12.0 Å². The van der Waals surface area contributed by atoms with Crippen LogP contribution in [0.2, 0.25) is 5.02 Å². The highest BCUT2D eigenvalue weighted by Crippen LogP contribution is 2.41. The number of rotatable bonds is 3. The van der Waals surface area contributed by atoms with Crippen LogP contribution in [0.3, 0.4) is 0 Å². The van der Waals surface area contributed by atoms with Gasteiger partial charge < -0.3 is 5.11 Å². The molecule has 3 heteroatoms. The molecule has 1 aliphatic rings. The summed E-state index contributed by atoms with van der Waals surface area (Å²) in [5.74, 6) is 1.15. The molecule has 0 aromatic heterocycles. The molecule has 2 aromatic carbocycles. The van der Waals surface area contributed by atoms with E-state index in [0.717, 1.165) is 21.9 Å². The fraction of sp³-hybridized carbons (Fsp3) is 0.294. The molecule has 1 heterocycles. The molecule has 20 heavy (non-hydrogen) atoms. The molecule has 0 saturated heterocycles. The molecule has 2 aromatic rings. The average molecular weight is 305 g/mol. The SMILES string of the molecule is Cc1ccc(CC(O)C2CSc3ccccc32)c(Cl)c1. The van der Waals surface area contributed by atoms with Crippen molar-refractivity contribution < 1.29 is 5.11 Å². The number of aliphatic hydroxyl groups excluding tert-OH is 1. The molecule has 1 nitrogen and oxygen atoms in total. The topological polar surface area (TPSA) is 20.2 Å². The molecule has 2 unspecified atom stereocenters. The molecule has 0 bridgehead atoms. The Labute approximate surface area is 129 Å². The zero-order valence-electron chi connectivity index (χ0n) is 11.3. The number of fused-ring (bicyclic) bond motifs is 1. The minimum atomic E-state index is -0.383. The highest BCUT2D eigenvalue weighted by atomic mass is 35.5. The molecular formula is C17H17ClOS. The molecule has 3 rings (SSSR count). The van der Waals surface area contributed by atoms with Gasteiger partial charge in [-0.2, -0.15) is 0 Å². The second-order valence-electron chi connectivity index (χ2n) is 5.32. The Hall–Kier alpha value is -0.960. The fourth-order valence-corrected chi connectivity index (χ4v) is 4.33. The summed E-state index contributed by atoms with van der Waals surface area (Å²) in [5.41, 5.74) is 3.45. The molecule has 1 N–H and O–H groups in total. The summed E-state index contributed by atoms with van der Waals surface area (Å²) in [6.07, 6.45) is 0.227. The van der Waals surface area contributed by atoms with Gasteiger partial charge in [-0.05, 0) is 35.7 Å². The Balaban J connectivity index is 1.79. The van der Waals surface area contributed by atoms with Gasteiger partial charge in [0.05, 0.1) is 6.10 Å². The third kappa shape index (κ3) is 2.73. The van der Waals surface area contributed by atoms with Gasteiger partial charge in [-0.25, -0.2) is 0 Å². The maximum absolute atomic E-state index is 10.6. The molecule has 104 valence electrons. The predicted octanol–water partition coefficient (Wildman–Crippen LogP) is 4.44. The summed E-state index contributed by atoms with van der Waals surface area (Å²) in [7, 11) is 0. The van der Waals surface area contributed by atoms with E-state index >= 15 is 0 Å². The van der Waals surface area contributed by atoms with Crippen molar-refractivity contribution in [2.75, 3.05) is 5.75 Å². The van der Waals surface area contributed by atoms with Gasteiger partial charge in [0, 0.05) is 28.0 Å². The second-order valence-corrected chi connectivity index (χ2v) is 6.79. The minimum Gasteiger partial charge on any atom is -0.392 e. The van der Waals surface area contributed by atoms with Crippen LogP contribution < -0.4 is 0 Å². The number of halogens is 1. The van der Waals surface area contributed by atoms with Crippen LogP contribution in [0.15, 0.2) is 47.4 Å². The van der Waals surface area contributed by atoms with Crippen molar-refractivity contribution in [3.8, 4) is 0 Å². The van der Waals surface area contributed by atoms with Crippen LogP contribution in [0, 0.1) is 6.92 Å². The van der Waals surface area contributed by atoms with Crippen LogP contribution >= 0.6 is 23.4 Å². The van der Waals surface area contributed by atoms with E-state index < -0.39 is 0 Å². The largest absolute Gasteiger partial charge is 0.392 e. The third-order valence-electron chi connectivity index (χ3n) is 3.84. The molecule has 1 aliphatic heterocycles. The Morgan fingerprint density at radius 2 is 2.10 bits per heavy atom. The number of hydrogen-bond donors (Lipinski definition) is 1. The number of hydrogen-bond acceptors (Lipinski definition) is 2. The Morgan fingerprint density at radius 1 is 1.30 bits per heavy atom. The van der Waals surface area contributed by atoms with E-state index in [1.165, 1.54) is 10.5 Å². The summed E-state index contributed by atoms with van der Waals surface area (Å²) < 4.78 is 0. The predicted molar refractivity (Wildman–Crippen MR) is 85.8 cm³/mol. The highest BCUT2D eigenvalue weighted by molar-refractivity contribution is 7.99. The van der Waals surface area contributed by atoms with Crippen LogP contribution in [-0.4, -0.2) is 17.0 Å². The van der Waals surface area contributed by atoms with Gasteiger partial charge in [-0.1, -0.05) is 41.9 Å². The van der Waals surface area contributed by atoms with Crippen molar-refractivity contribution in [1.29, 1.82) is 0 Å². The molecule has 0 aliphatic carbocycles. The number of aliphatic hydroxyl groups is 1. The lowest BCUT2D eigenvalue weighted by Crippen LogP contribution is -2.21. The third-order valence-corrected chi connectivity index (χ3v) is 5.40. The van der Waals surface area contributed by atoms with E-state index in [2.05, 4.69) is 18.2 Å². The van der Waals surface area contributed by atoms with Crippen LogP contribution in [-0.2, 0) is 6.42 Å². The molecule has 0 fully saturated rings. The van der Waals surface area contributed by atoms with E-state index in [4.69, 9.17) is 11.6 Å². The molecule has 0 amide bonds. The van der Waals surface area contributed by atoms with Crippen molar-refractivity contribution in [3.05, 3.63) is 64.2 Å². The number of aryl methyl sites for hydroxylation is 1. The second kappa shape index (κ2) is 5.80. The number of thioether (sulfide) groups is 1. The maximum atomic E-state index is 10.6. The first-order chi connectivity index (χ1) is 9.65. The first-order valence-corrected chi connectivity index (χ1v) is 8.16. The van der Waals surface area contributed by atoms with Gasteiger partial charge >= 0.3 is 0 Å². The Morgan fingerprint density at radius 3 is 2.90 bits per heavy atom. The van der Waals surface area contributed by atoms with Gasteiger partial charge in [-0.15, -0.1) is 11.8 Å². The fourth-order valence-electron chi connectivity index (χ4n) is 2.69. The summed E-state index contributed by atoms with van der Waals surface area (Å²) in [4.78, 5) is 1.30. The first kappa shape index (κ1) is 14.0. The molecule has 2 atom stereocenters. The van der Waals surface area contributed by atoms with Crippen LogP contribution in [0.1, 0.15) is 22.6 Å². The smallest absolute Gasteiger partial charge is 0.0658 e. The zero-order chi connectivity index (χ0) is 14.1. The normalized spacial score (nSPS) is 18.9. The Kier molecular flexibility index (Phi) is 4.06. The highest BCUT2D eigenvalue weighted by Gasteiger charge is 2.29. The maximum Gasteiger partial charge on any atom is 0.0658 e. The van der Waals surface area contributed by atoms with E-state index in [0.29, 0.717) is 6.42 Å². The lowest BCUT2D eigenvalue weighted by Gasteiger charge is -2.19. The summed E-state index contributed by atoms with van der Waals surface area (Å²) in [6, 6.07) is 14.4. The van der Waals surface area contributed by atoms with Gasteiger partial charge in [-0.3, -0.25) is 0 Å². The van der Waals surface area contributed by atoms with Crippen LogP contribution in [0.25, 0.3) is 0 Å². The van der Waals surface area contributed by atoms with E-state index in [1.807, 2.05) is 43.0 Å². The molecule has 0 saturated carbocycles. The minimum absolute atomic E-state index is 0.202. The molecule has 0 spiro atoms. The monoisotopic (exact) mass is 304 g/mol. The van der Waals surface area contributed by atoms with Crippen molar-refractivity contribution in [2.45, 2.75) is 30.3 Å². The summed E-state index contributed by atoms with van der Waals surface area (Å²) >= 11 is 8.09. The zero-order valence-corrected chi connectivity index (χ0v) is 12.9. The van der Waals surface area contributed by atoms with Crippen molar-refractivity contribution in [2.24, 2.45) is 0 Å². The van der Waals surface area contributed by atoms with Crippen LogP contribution in [0.4, 0.5) is 0 Å². The summed E-state index contributed by atoms with van der Waals surface area (Å²) in [6.45, 7) is 2.02. The van der Waals surface area contributed by atoms with E-state index in [1.54, 1.807) is 0 Å².